The van der Waals surface area contributed by atoms with Gasteiger partial charge in [0.15, 0.2) is 0 Å². The first-order valence-electron chi connectivity index (χ1n) is 8.34. The lowest BCUT2D eigenvalue weighted by Gasteiger charge is -2.12. The largest absolute Gasteiger partial charge is 0.368 e. The van der Waals surface area contributed by atoms with Crippen LogP contribution in [0.15, 0.2) is 29.2 Å². The fraction of sp³-hybridized carbons (Fsp3) is 0.333. The van der Waals surface area contributed by atoms with Gasteiger partial charge in [0.25, 0.3) is 5.56 Å². The zero-order valence-corrected chi connectivity index (χ0v) is 16.0. The van der Waals surface area contributed by atoms with E-state index < -0.39 is 11.5 Å². The van der Waals surface area contributed by atoms with Crippen molar-refractivity contribution < 1.29 is 9.59 Å². The zero-order chi connectivity index (χ0) is 20.0. The number of nitrogens with two attached hydrogens (primary N) is 1. The van der Waals surface area contributed by atoms with E-state index in [9.17, 15) is 14.4 Å². The van der Waals surface area contributed by atoms with Crippen LogP contribution in [0.25, 0.3) is 0 Å². The van der Waals surface area contributed by atoms with E-state index >= 15 is 0 Å². The number of aromatic nitrogens is 2. The van der Waals surface area contributed by atoms with Gasteiger partial charge in [-0.05, 0) is 42.8 Å². The summed E-state index contributed by atoms with van der Waals surface area (Å²) >= 11 is 6.04. The summed E-state index contributed by atoms with van der Waals surface area (Å²) in [5.41, 5.74) is 7.39. The van der Waals surface area contributed by atoms with Crippen molar-refractivity contribution >= 4 is 23.4 Å². The summed E-state index contributed by atoms with van der Waals surface area (Å²) in [6.45, 7) is 2.29. The Bertz CT molecular complexity index is 910. The molecule has 9 heteroatoms. The summed E-state index contributed by atoms with van der Waals surface area (Å²) in [5.74, 6) is -0.996. The number of carbonyl (C=O) groups excluding carboxylic acids is 2. The molecule has 1 aromatic carbocycles. The maximum Gasteiger partial charge on any atom is 0.271 e. The molecule has 0 bridgehead atoms. The van der Waals surface area contributed by atoms with Gasteiger partial charge in [0.1, 0.15) is 6.54 Å². The topological polar surface area (TPSA) is 119 Å². The molecule has 0 saturated heterocycles. The lowest BCUT2D eigenvalue weighted by Crippen LogP contribution is -2.35. The van der Waals surface area contributed by atoms with Gasteiger partial charge in [-0.25, -0.2) is 4.68 Å². The van der Waals surface area contributed by atoms with E-state index in [0.717, 1.165) is 15.8 Å². The van der Waals surface area contributed by atoms with Crippen molar-refractivity contribution in [2.75, 3.05) is 7.05 Å². The number of nitrogens with zero attached hydrogens (tertiary/aromatic N) is 2. The molecule has 2 aromatic rings. The Kier molecular flexibility index (Phi) is 7.09. The molecule has 27 heavy (non-hydrogen) atoms. The number of rotatable bonds is 8. The molecule has 0 aliphatic carbocycles. The average molecular weight is 392 g/mol. The van der Waals surface area contributed by atoms with Crippen LogP contribution in [-0.4, -0.2) is 28.6 Å². The van der Waals surface area contributed by atoms with Crippen LogP contribution in [0.3, 0.4) is 0 Å². The summed E-state index contributed by atoms with van der Waals surface area (Å²) in [7, 11) is 1.83. The number of hydrogen-bond acceptors (Lipinski definition) is 5. The minimum absolute atomic E-state index is 0.117. The maximum atomic E-state index is 12.4. The molecular weight excluding hydrogens is 370 g/mol. The van der Waals surface area contributed by atoms with Crippen molar-refractivity contribution in [3.8, 4) is 0 Å². The van der Waals surface area contributed by atoms with Gasteiger partial charge in [0.05, 0.1) is 12.6 Å². The lowest BCUT2D eigenvalue weighted by atomic mass is 10.1. The highest BCUT2D eigenvalue weighted by Crippen LogP contribution is 2.16. The molecule has 0 aliphatic rings. The first kappa shape index (κ1) is 20.6. The second kappa shape index (κ2) is 9.29. The van der Waals surface area contributed by atoms with Crippen LogP contribution in [0.5, 0.6) is 0 Å². The molecule has 144 valence electrons. The van der Waals surface area contributed by atoms with Crippen molar-refractivity contribution in [3.63, 3.8) is 0 Å². The third kappa shape index (κ3) is 5.63. The van der Waals surface area contributed by atoms with Gasteiger partial charge >= 0.3 is 0 Å². The van der Waals surface area contributed by atoms with Gasteiger partial charge in [-0.15, -0.1) is 0 Å². The molecule has 0 fully saturated rings. The summed E-state index contributed by atoms with van der Waals surface area (Å²) in [6, 6.07) is 5.49. The van der Waals surface area contributed by atoms with E-state index in [-0.39, 0.29) is 31.0 Å². The Morgan fingerprint density at radius 2 is 2.00 bits per heavy atom. The van der Waals surface area contributed by atoms with Crippen LogP contribution >= 0.6 is 11.6 Å². The van der Waals surface area contributed by atoms with E-state index in [2.05, 4.69) is 15.7 Å². The summed E-state index contributed by atoms with van der Waals surface area (Å²) in [6.07, 6.45) is 1.32. The van der Waals surface area contributed by atoms with E-state index in [1.54, 1.807) is 19.1 Å². The highest BCUT2D eigenvalue weighted by molar-refractivity contribution is 6.30. The van der Waals surface area contributed by atoms with Crippen LogP contribution in [0.2, 0.25) is 5.02 Å². The number of halogens is 1. The van der Waals surface area contributed by atoms with Gasteiger partial charge in [0.2, 0.25) is 11.8 Å². The first-order valence-corrected chi connectivity index (χ1v) is 8.72. The minimum Gasteiger partial charge on any atom is -0.368 e. The Balaban J connectivity index is 2.12. The molecular formula is C18H22ClN5O3. The highest BCUT2D eigenvalue weighted by atomic mass is 35.5. The number of aryl methyl sites for hydroxylation is 1. The Labute approximate surface area is 161 Å². The van der Waals surface area contributed by atoms with Crippen LogP contribution < -0.4 is 21.9 Å². The maximum absolute atomic E-state index is 12.4. The van der Waals surface area contributed by atoms with Gasteiger partial charge < -0.3 is 16.4 Å². The Morgan fingerprint density at radius 3 is 2.67 bits per heavy atom. The molecule has 2 amide bonds. The minimum atomic E-state index is -0.679. The smallest absolute Gasteiger partial charge is 0.271 e. The van der Waals surface area contributed by atoms with Gasteiger partial charge in [0, 0.05) is 23.7 Å². The van der Waals surface area contributed by atoms with Gasteiger partial charge in [-0.3, -0.25) is 14.4 Å². The summed E-state index contributed by atoms with van der Waals surface area (Å²) in [5, 5.41) is 10.3. The number of hydrogen-bond donors (Lipinski definition) is 3. The quantitative estimate of drug-likeness (QED) is 0.596. The number of amides is 2. The molecule has 0 saturated carbocycles. The summed E-state index contributed by atoms with van der Waals surface area (Å²) < 4.78 is 0.958. The van der Waals surface area contributed by atoms with Crippen LogP contribution in [-0.2, 0) is 35.6 Å². The van der Waals surface area contributed by atoms with Crippen molar-refractivity contribution in [2.24, 2.45) is 5.73 Å². The normalized spacial score (nSPS) is 10.6. The molecule has 0 unspecified atom stereocenters. The van der Waals surface area contributed by atoms with Gasteiger partial charge in [-0.1, -0.05) is 17.7 Å². The number of carbonyl (C=O) groups is 2. The monoisotopic (exact) mass is 391 g/mol. The van der Waals surface area contributed by atoms with Crippen LogP contribution in [0, 0.1) is 6.92 Å². The third-order valence-electron chi connectivity index (χ3n) is 4.01. The predicted octanol–water partition coefficient (Wildman–Crippen LogP) is 0.269. The van der Waals surface area contributed by atoms with Crippen molar-refractivity contribution in [2.45, 2.75) is 33.0 Å². The second-order valence-corrected chi connectivity index (χ2v) is 6.57. The van der Waals surface area contributed by atoms with E-state index in [1.807, 2.05) is 13.1 Å². The molecule has 0 atom stereocenters. The molecule has 2 rings (SSSR count). The van der Waals surface area contributed by atoms with Crippen molar-refractivity contribution in [1.29, 1.82) is 0 Å². The molecule has 0 radical (unpaired) electrons. The SMILES string of the molecule is CNCc1ccc(Cl)cc1CNC(=O)Cc1c(C)cnn(CC(N)=O)c1=O. The predicted molar refractivity (Wildman–Crippen MR) is 102 cm³/mol. The summed E-state index contributed by atoms with van der Waals surface area (Å²) in [4.78, 5) is 35.8. The van der Waals surface area contributed by atoms with E-state index in [1.165, 1.54) is 6.20 Å². The van der Waals surface area contributed by atoms with Crippen LogP contribution in [0.4, 0.5) is 0 Å². The molecule has 1 heterocycles. The van der Waals surface area contributed by atoms with Crippen molar-refractivity contribution in [1.82, 2.24) is 20.4 Å². The molecule has 0 aliphatic heterocycles. The standard InChI is InChI=1S/C18H22ClN5O3/c1-11-7-23-24(10-16(20)25)18(27)15(11)6-17(26)22-9-13-5-14(19)4-3-12(13)8-21-2/h3-5,7,21H,6,8-10H2,1-2H3,(H2,20,25)(H,22,26). The van der Waals surface area contributed by atoms with Gasteiger partial charge in [-0.2, -0.15) is 5.10 Å². The zero-order valence-electron chi connectivity index (χ0n) is 15.2. The molecule has 8 nitrogen and oxygen atoms in total. The first-order chi connectivity index (χ1) is 12.8. The third-order valence-corrected chi connectivity index (χ3v) is 4.25. The molecule has 4 N–H and O–H groups in total. The van der Waals surface area contributed by atoms with Crippen LogP contribution in [0.1, 0.15) is 22.3 Å². The Morgan fingerprint density at radius 1 is 1.26 bits per heavy atom. The van der Waals surface area contributed by atoms with Crippen molar-refractivity contribution in [3.05, 3.63) is 62.0 Å². The number of primary amides is 1. The molecule has 0 spiro atoms. The fourth-order valence-corrected chi connectivity index (χ4v) is 2.82. The molecule has 1 aromatic heterocycles. The number of nitrogens with one attached hydrogen (secondary N) is 2. The van der Waals surface area contributed by atoms with E-state index in [4.69, 9.17) is 17.3 Å². The second-order valence-electron chi connectivity index (χ2n) is 6.13. The number of benzene rings is 1. The lowest BCUT2D eigenvalue weighted by molar-refractivity contribution is -0.120. The fourth-order valence-electron chi connectivity index (χ4n) is 2.63. The highest BCUT2D eigenvalue weighted by Gasteiger charge is 2.14. The average Bonchev–Trinajstić information content (AvgIpc) is 2.61. The Hall–Kier alpha value is -2.71. The van der Waals surface area contributed by atoms with E-state index in [0.29, 0.717) is 17.1 Å².